The second-order valence-corrected chi connectivity index (χ2v) is 9.57. The minimum absolute atomic E-state index is 0.0245. The van der Waals surface area contributed by atoms with Gasteiger partial charge in [0.1, 0.15) is 0 Å². The zero-order chi connectivity index (χ0) is 21.5. The zero-order valence-corrected chi connectivity index (χ0v) is 17.7. The molecule has 1 N–H and O–H groups in total. The molecule has 1 fully saturated rings. The maximum atomic E-state index is 13.1. The lowest BCUT2D eigenvalue weighted by Crippen LogP contribution is -2.43. The molecule has 0 bridgehead atoms. The Balaban J connectivity index is 1.55. The van der Waals surface area contributed by atoms with E-state index in [2.05, 4.69) is 5.32 Å². The number of piperidine rings is 1. The standard InChI is InChI=1S/C20H20ClN3O5S/c1-23-17-9-8-14(11-18(17)29-20(23)26)30(27,28)24-10-4-5-13(12-24)19(25)22-16-7-3-2-6-15(16)21/h2-3,6-9,11,13H,4-5,10,12H2,1H3,(H,22,25)/t13-/m1/s1. The highest BCUT2D eigenvalue weighted by atomic mass is 35.5. The summed E-state index contributed by atoms with van der Waals surface area (Å²) in [5, 5.41) is 3.20. The summed E-state index contributed by atoms with van der Waals surface area (Å²) >= 11 is 6.10. The first-order valence-corrected chi connectivity index (χ1v) is 11.2. The van der Waals surface area contributed by atoms with Crippen LogP contribution in [0.4, 0.5) is 5.69 Å². The van der Waals surface area contributed by atoms with Crippen molar-refractivity contribution < 1.29 is 17.6 Å². The van der Waals surface area contributed by atoms with Crippen LogP contribution < -0.4 is 11.1 Å². The fourth-order valence-corrected chi connectivity index (χ4v) is 5.32. The van der Waals surface area contributed by atoms with E-state index in [1.165, 1.54) is 21.0 Å². The van der Waals surface area contributed by atoms with Crippen LogP contribution in [0.1, 0.15) is 12.8 Å². The molecule has 30 heavy (non-hydrogen) atoms. The highest BCUT2D eigenvalue weighted by Crippen LogP contribution is 2.28. The van der Waals surface area contributed by atoms with Gasteiger partial charge in [-0.25, -0.2) is 13.2 Å². The first-order valence-electron chi connectivity index (χ1n) is 9.42. The average Bonchev–Trinajstić information content (AvgIpc) is 3.03. The smallest absolute Gasteiger partial charge is 0.408 e. The molecule has 0 radical (unpaired) electrons. The maximum absolute atomic E-state index is 13.1. The van der Waals surface area contributed by atoms with Crippen LogP contribution in [0.2, 0.25) is 5.02 Å². The van der Waals surface area contributed by atoms with Crippen molar-refractivity contribution in [1.29, 1.82) is 0 Å². The highest BCUT2D eigenvalue weighted by Gasteiger charge is 2.34. The van der Waals surface area contributed by atoms with Gasteiger partial charge in [-0.05, 0) is 37.1 Å². The summed E-state index contributed by atoms with van der Waals surface area (Å²) < 4.78 is 34.0. The molecule has 2 aromatic carbocycles. The van der Waals surface area contributed by atoms with Gasteiger partial charge >= 0.3 is 5.76 Å². The van der Waals surface area contributed by atoms with Gasteiger partial charge in [0.25, 0.3) is 0 Å². The number of amides is 1. The number of rotatable bonds is 4. The van der Waals surface area contributed by atoms with E-state index in [0.717, 1.165) is 0 Å². The number of hydrogen-bond acceptors (Lipinski definition) is 5. The lowest BCUT2D eigenvalue weighted by Gasteiger charge is -2.31. The molecule has 1 aliphatic rings. The van der Waals surface area contributed by atoms with E-state index >= 15 is 0 Å². The Kier molecular flexibility index (Phi) is 5.44. The maximum Gasteiger partial charge on any atom is 0.419 e. The van der Waals surface area contributed by atoms with E-state index in [-0.39, 0.29) is 22.9 Å². The van der Waals surface area contributed by atoms with Crippen molar-refractivity contribution in [1.82, 2.24) is 8.87 Å². The molecule has 0 aliphatic carbocycles. The van der Waals surface area contributed by atoms with Gasteiger partial charge in [0.2, 0.25) is 15.9 Å². The summed E-state index contributed by atoms with van der Waals surface area (Å²) in [5.74, 6) is -1.33. The summed E-state index contributed by atoms with van der Waals surface area (Å²) in [4.78, 5) is 24.4. The summed E-state index contributed by atoms with van der Waals surface area (Å²) in [6, 6.07) is 11.2. The Morgan fingerprint density at radius 2 is 2.00 bits per heavy atom. The molecular weight excluding hydrogens is 430 g/mol. The number of para-hydroxylation sites is 1. The molecule has 0 spiro atoms. The number of aryl methyl sites for hydroxylation is 1. The second kappa shape index (κ2) is 7.90. The minimum atomic E-state index is -3.85. The summed E-state index contributed by atoms with van der Waals surface area (Å²) in [6.45, 7) is 0.379. The fourth-order valence-electron chi connectivity index (χ4n) is 3.60. The van der Waals surface area contributed by atoms with Gasteiger partial charge in [0.05, 0.1) is 27.0 Å². The van der Waals surface area contributed by atoms with Gasteiger partial charge in [-0.3, -0.25) is 9.36 Å². The van der Waals surface area contributed by atoms with Crippen molar-refractivity contribution in [2.45, 2.75) is 17.7 Å². The molecule has 0 unspecified atom stereocenters. The normalized spacial score (nSPS) is 17.9. The number of oxazole rings is 1. The van der Waals surface area contributed by atoms with Crippen LogP contribution >= 0.6 is 11.6 Å². The van der Waals surface area contributed by atoms with Crippen molar-refractivity contribution >= 4 is 44.3 Å². The Labute approximate surface area is 178 Å². The van der Waals surface area contributed by atoms with E-state index < -0.39 is 21.7 Å². The van der Waals surface area contributed by atoms with Crippen LogP contribution in [0, 0.1) is 5.92 Å². The predicted molar refractivity (Wildman–Crippen MR) is 113 cm³/mol. The van der Waals surface area contributed by atoms with E-state index in [4.69, 9.17) is 16.0 Å². The third-order valence-corrected chi connectivity index (χ3v) is 7.48. The van der Waals surface area contributed by atoms with Gasteiger partial charge < -0.3 is 9.73 Å². The summed E-state index contributed by atoms with van der Waals surface area (Å²) in [6.07, 6.45) is 1.14. The van der Waals surface area contributed by atoms with Crippen molar-refractivity contribution in [2.24, 2.45) is 13.0 Å². The first kappa shape index (κ1) is 20.6. The summed E-state index contributed by atoms with van der Waals surface area (Å²) in [7, 11) is -2.30. The lowest BCUT2D eigenvalue weighted by atomic mass is 9.99. The zero-order valence-electron chi connectivity index (χ0n) is 16.2. The number of halogens is 1. The molecule has 1 saturated heterocycles. The molecular formula is C20H20ClN3O5S. The number of aromatic nitrogens is 1. The van der Waals surface area contributed by atoms with Gasteiger partial charge in [-0.1, -0.05) is 23.7 Å². The molecule has 2 heterocycles. The molecule has 4 rings (SSSR count). The van der Waals surface area contributed by atoms with Crippen molar-refractivity contribution in [3.8, 4) is 0 Å². The topological polar surface area (TPSA) is 102 Å². The molecule has 0 saturated carbocycles. The molecule has 1 aliphatic heterocycles. The molecule has 1 aromatic heterocycles. The Morgan fingerprint density at radius 3 is 2.77 bits per heavy atom. The number of sulfonamides is 1. The number of fused-ring (bicyclic) bond motifs is 1. The van der Waals surface area contributed by atoms with Crippen LogP contribution in [-0.4, -0.2) is 36.3 Å². The van der Waals surface area contributed by atoms with Gasteiger partial charge in [0.15, 0.2) is 5.58 Å². The number of benzene rings is 2. The molecule has 10 heteroatoms. The number of carbonyl (C=O) groups excluding carboxylic acids is 1. The molecule has 3 aromatic rings. The van der Waals surface area contributed by atoms with Crippen LogP contribution in [0.5, 0.6) is 0 Å². The van der Waals surface area contributed by atoms with Crippen molar-refractivity contribution in [2.75, 3.05) is 18.4 Å². The number of carbonyl (C=O) groups is 1. The Bertz CT molecular complexity index is 1280. The van der Waals surface area contributed by atoms with Gasteiger partial charge in [0, 0.05) is 26.2 Å². The summed E-state index contributed by atoms with van der Waals surface area (Å²) in [5.41, 5.74) is 1.21. The highest BCUT2D eigenvalue weighted by molar-refractivity contribution is 7.89. The third-order valence-electron chi connectivity index (χ3n) is 5.29. The van der Waals surface area contributed by atoms with E-state index in [9.17, 15) is 18.0 Å². The fraction of sp³-hybridized carbons (Fsp3) is 0.300. The van der Waals surface area contributed by atoms with E-state index in [1.54, 1.807) is 37.4 Å². The number of anilines is 1. The molecule has 1 amide bonds. The lowest BCUT2D eigenvalue weighted by molar-refractivity contribution is -0.120. The van der Waals surface area contributed by atoms with Crippen LogP contribution in [0.15, 0.2) is 56.6 Å². The largest absolute Gasteiger partial charge is 0.419 e. The van der Waals surface area contributed by atoms with Crippen LogP contribution in [0.25, 0.3) is 11.1 Å². The Morgan fingerprint density at radius 1 is 1.23 bits per heavy atom. The molecule has 1 atom stereocenters. The number of nitrogens with zero attached hydrogens (tertiary/aromatic N) is 2. The Hall–Kier alpha value is -2.62. The van der Waals surface area contributed by atoms with Crippen LogP contribution in [-0.2, 0) is 21.9 Å². The average molecular weight is 450 g/mol. The van der Waals surface area contributed by atoms with E-state index in [1.807, 2.05) is 0 Å². The minimum Gasteiger partial charge on any atom is -0.408 e. The monoisotopic (exact) mass is 449 g/mol. The first-order chi connectivity index (χ1) is 14.3. The quantitative estimate of drug-likeness (QED) is 0.659. The van der Waals surface area contributed by atoms with Gasteiger partial charge in [-0.2, -0.15) is 4.31 Å². The molecule has 158 valence electrons. The van der Waals surface area contributed by atoms with Crippen LogP contribution in [0.3, 0.4) is 0 Å². The predicted octanol–water partition coefficient (Wildman–Crippen LogP) is 2.82. The number of hydrogen-bond donors (Lipinski definition) is 1. The number of nitrogens with one attached hydrogen (secondary N) is 1. The van der Waals surface area contributed by atoms with Crippen molar-refractivity contribution in [3.63, 3.8) is 0 Å². The second-order valence-electron chi connectivity index (χ2n) is 7.23. The van der Waals surface area contributed by atoms with Crippen molar-refractivity contribution in [3.05, 3.63) is 58.0 Å². The third kappa shape index (κ3) is 3.76. The molecule has 8 nitrogen and oxygen atoms in total. The van der Waals surface area contributed by atoms with E-state index in [0.29, 0.717) is 35.6 Å². The van der Waals surface area contributed by atoms with Gasteiger partial charge in [-0.15, -0.1) is 0 Å². The SMILES string of the molecule is Cn1c(=O)oc2cc(S(=O)(=O)N3CCC[C@@H](C(=O)Nc4ccccc4Cl)C3)ccc21.